The molecule has 0 radical (unpaired) electrons. The van der Waals surface area contributed by atoms with E-state index in [1.165, 1.54) is 0 Å². The van der Waals surface area contributed by atoms with Gasteiger partial charge >= 0.3 is 5.97 Å². The van der Waals surface area contributed by atoms with Gasteiger partial charge in [-0.05, 0) is 25.3 Å². The summed E-state index contributed by atoms with van der Waals surface area (Å²) in [7, 11) is 0. The Hall–Kier alpha value is -1.90. The second-order valence-corrected chi connectivity index (χ2v) is 5.98. The smallest absolute Gasteiger partial charge is 0.334 e. The number of aliphatic imine (C=N–C) groups is 1. The normalized spacial score (nSPS) is 26.0. The Balaban J connectivity index is 2.48. The number of hydrogen-bond donors (Lipinski definition) is 0. The second-order valence-electron chi connectivity index (χ2n) is 5.98. The molecule has 0 fully saturated rings. The molecular formula is C18H23NO2. The van der Waals surface area contributed by atoms with Crippen LogP contribution in [0.3, 0.4) is 0 Å². The van der Waals surface area contributed by atoms with Crippen molar-refractivity contribution in [1.29, 1.82) is 0 Å². The number of esters is 1. The van der Waals surface area contributed by atoms with E-state index in [9.17, 15) is 4.79 Å². The molecule has 0 amide bonds. The number of nitrogens with zero attached hydrogens (tertiary/aromatic N) is 1. The predicted molar refractivity (Wildman–Crippen MR) is 85.5 cm³/mol. The highest BCUT2D eigenvalue weighted by atomic mass is 16.5. The zero-order chi connectivity index (χ0) is 15.5. The lowest BCUT2D eigenvalue weighted by Gasteiger charge is -2.35. The summed E-state index contributed by atoms with van der Waals surface area (Å²) < 4.78 is 5.72. The molecule has 3 heteroatoms. The van der Waals surface area contributed by atoms with Gasteiger partial charge in [0.25, 0.3) is 0 Å². The first kappa shape index (κ1) is 15.5. The van der Waals surface area contributed by atoms with Gasteiger partial charge in [-0.15, -0.1) is 0 Å². The SMILES string of the molecule is C/C=C/C[C@]1(C)N=C(c2ccccc2)[C@@H](C(C)C)OC1=O. The molecule has 2 rings (SSSR count). The Labute approximate surface area is 126 Å². The number of carbonyl (C=O) groups excluding carboxylic acids is 1. The lowest BCUT2D eigenvalue weighted by molar-refractivity contribution is -0.155. The molecule has 0 bridgehead atoms. The third kappa shape index (κ3) is 3.23. The van der Waals surface area contributed by atoms with Crippen molar-refractivity contribution < 1.29 is 9.53 Å². The monoisotopic (exact) mass is 285 g/mol. The van der Waals surface area contributed by atoms with E-state index in [0.717, 1.165) is 11.3 Å². The molecule has 1 aromatic carbocycles. The van der Waals surface area contributed by atoms with Gasteiger partial charge in [-0.25, -0.2) is 4.79 Å². The van der Waals surface area contributed by atoms with Gasteiger partial charge in [0.1, 0.15) is 6.10 Å². The number of hydrogen-bond acceptors (Lipinski definition) is 3. The van der Waals surface area contributed by atoms with Gasteiger partial charge in [-0.1, -0.05) is 56.3 Å². The van der Waals surface area contributed by atoms with Crippen molar-refractivity contribution >= 4 is 11.7 Å². The van der Waals surface area contributed by atoms with Gasteiger partial charge in [-0.3, -0.25) is 4.99 Å². The van der Waals surface area contributed by atoms with Crippen LogP contribution in [0.2, 0.25) is 0 Å². The van der Waals surface area contributed by atoms with E-state index in [2.05, 4.69) is 0 Å². The summed E-state index contributed by atoms with van der Waals surface area (Å²) in [5.41, 5.74) is 1.07. The number of rotatable bonds is 4. The zero-order valence-corrected chi connectivity index (χ0v) is 13.2. The van der Waals surface area contributed by atoms with Crippen LogP contribution in [0.4, 0.5) is 0 Å². The molecule has 0 saturated heterocycles. The Bertz CT molecular complexity index is 560. The highest BCUT2D eigenvalue weighted by Crippen LogP contribution is 2.29. The average molecular weight is 285 g/mol. The first-order valence-electron chi connectivity index (χ1n) is 7.45. The molecule has 3 nitrogen and oxygen atoms in total. The third-order valence-electron chi connectivity index (χ3n) is 3.74. The van der Waals surface area contributed by atoms with Crippen LogP contribution in [-0.4, -0.2) is 23.3 Å². The maximum atomic E-state index is 12.4. The Morgan fingerprint density at radius 1 is 1.33 bits per heavy atom. The van der Waals surface area contributed by atoms with Crippen LogP contribution in [0.1, 0.15) is 39.7 Å². The molecule has 0 unspecified atom stereocenters. The number of benzene rings is 1. The maximum Gasteiger partial charge on any atom is 0.334 e. The van der Waals surface area contributed by atoms with Crippen LogP contribution in [0, 0.1) is 5.92 Å². The lowest BCUT2D eigenvalue weighted by atomic mass is 9.90. The molecule has 0 saturated carbocycles. The standard InChI is InChI=1S/C18H23NO2/c1-5-6-12-18(4)17(20)21-16(13(2)3)15(19-18)14-10-8-7-9-11-14/h5-11,13,16H,12H2,1-4H3/b6-5+/t16-,18+/m1/s1. The van der Waals surface area contributed by atoms with Gasteiger partial charge in [0.05, 0.1) is 5.71 Å². The van der Waals surface area contributed by atoms with Gasteiger partial charge in [-0.2, -0.15) is 0 Å². The summed E-state index contributed by atoms with van der Waals surface area (Å²) in [5.74, 6) is -0.0434. The van der Waals surface area contributed by atoms with E-state index < -0.39 is 5.54 Å². The summed E-state index contributed by atoms with van der Waals surface area (Å²) in [6, 6.07) is 9.97. The Morgan fingerprint density at radius 3 is 2.57 bits per heavy atom. The molecule has 1 aliphatic heterocycles. The predicted octanol–water partition coefficient (Wildman–Crippen LogP) is 3.78. The number of ether oxygens (including phenoxy) is 1. The molecule has 1 aliphatic rings. The molecule has 21 heavy (non-hydrogen) atoms. The first-order valence-corrected chi connectivity index (χ1v) is 7.45. The van der Waals surface area contributed by atoms with E-state index in [4.69, 9.17) is 9.73 Å². The van der Waals surface area contributed by atoms with E-state index >= 15 is 0 Å². The summed E-state index contributed by atoms with van der Waals surface area (Å²) in [6.45, 7) is 7.88. The van der Waals surface area contributed by atoms with E-state index in [-0.39, 0.29) is 18.0 Å². The molecule has 2 atom stereocenters. The van der Waals surface area contributed by atoms with Gasteiger partial charge in [0, 0.05) is 6.42 Å². The zero-order valence-electron chi connectivity index (χ0n) is 13.2. The second kappa shape index (κ2) is 6.25. The van der Waals surface area contributed by atoms with Crippen molar-refractivity contribution in [3.63, 3.8) is 0 Å². The number of cyclic esters (lactones) is 1. The average Bonchev–Trinajstić information content (AvgIpc) is 2.48. The quantitative estimate of drug-likeness (QED) is 0.623. The highest BCUT2D eigenvalue weighted by Gasteiger charge is 2.42. The molecule has 112 valence electrons. The van der Waals surface area contributed by atoms with Crippen molar-refractivity contribution in [1.82, 2.24) is 0 Å². The van der Waals surface area contributed by atoms with Gasteiger partial charge in [0.2, 0.25) is 0 Å². The molecule has 0 spiro atoms. The highest BCUT2D eigenvalue weighted by molar-refractivity contribution is 6.08. The molecule has 0 N–H and O–H groups in total. The molecule has 0 aromatic heterocycles. The van der Waals surface area contributed by atoms with Crippen molar-refractivity contribution in [3.05, 3.63) is 48.0 Å². The Kier molecular flexibility index (Phi) is 4.61. The molecule has 0 aliphatic carbocycles. The summed E-state index contributed by atoms with van der Waals surface area (Å²) in [6.07, 6.45) is 4.18. The summed E-state index contributed by atoms with van der Waals surface area (Å²) >= 11 is 0. The van der Waals surface area contributed by atoms with Crippen LogP contribution in [0.5, 0.6) is 0 Å². The topological polar surface area (TPSA) is 38.7 Å². The van der Waals surface area contributed by atoms with Crippen molar-refractivity contribution in [3.8, 4) is 0 Å². The molecule has 1 heterocycles. The van der Waals surface area contributed by atoms with Crippen molar-refractivity contribution in [2.75, 3.05) is 0 Å². The van der Waals surface area contributed by atoms with Crippen LogP contribution < -0.4 is 0 Å². The fraction of sp³-hybridized carbons (Fsp3) is 0.444. The minimum Gasteiger partial charge on any atom is -0.454 e. The van der Waals surface area contributed by atoms with Crippen LogP contribution >= 0.6 is 0 Å². The Morgan fingerprint density at radius 2 is 2.00 bits per heavy atom. The van der Waals surface area contributed by atoms with Crippen LogP contribution in [0.15, 0.2) is 47.5 Å². The number of carbonyl (C=O) groups is 1. The lowest BCUT2D eigenvalue weighted by Crippen LogP contribution is -2.48. The number of allylic oxidation sites excluding steroid dienone is 1. The minimum atomic E-state index is -0.830. The maximum absolute atomic E-state index is 12.4. The fourth-order valence-corrected chi connectivity index (χ4v) is 2.44. The van der Waals surface area contributed by atoms with Gasteiger partial charge < -0.3 is 4.74 Å². The largest absolute Gasteiger partial charge is 0.454 e. The third-order valence-corrected chi connectivity index (χ3v) is 3.74. The van der Waals surface area contributed by atoms with Crippen LogP contribution in [0.25, 0.3) is 0 Å². The van der Waals surface area contributed by atoms with Crippen LogP contribution in [-0.2, 0) is 9.53 Å². The summed E-state index contributed by atoms with van der Waals surface area (Å²) in [4.78, 5) is 17.1. The minimum absolute atomic E-state index is 0.194. The van der Waals surface area contributed by atoms with Crippen molar-refractivity contribution in [2.45, 2.75) is 45.8 Å². The van der Waals surface area contributed by atoms with Gasteiger partial charge in [0.15, 0.2) is 5.54 Å². The fourth-order valence-electron chi connectivity index (χ4n) is 2.44. The molecular weight excluding hydrogens is 262 g/mol. The van der Waals surface area contributed by atoms with E-state index in [0.29, 0.717) is 6.42 Å². The van der Waals surface area contributed by atoms with Crippen molar-refractivity contribution in [2.24, 2.45) is 10.9 Å². The van der Waals surface area contributed by atoms with E-state index in [1.807, 2.05) is 70.2 Å². The summed E-state index contributed by atoms with van der Waals surface area (Å²) in [5, 5.41) is 0. The van der Waals surface area contributed by atoms with E-state index in [1.54, 1.807) is 0 Å². The first-order chi connectivity index (χ1) is 9.98. The molecule has 1 aromatic rings.